The van der Waals surface area contributed by atoms with Crippen LogP contribution in [0.5, 0.6) is 0 Å². The van der Waals surface area contributed by atoms with Crippen LogP contribution in [0.15, 0.2) is 53.5 Å². The Balaban J connectivity index is 2.12. The molecule has 2 aromatic carbocycles. The number of carboxylic acid groups (broad SMARTS) is 1. The van der Waals surface area contributed by atoms with Gasteiger partial charge in [0.25, 0.3) is 0 Å². The SMILES string of the molecule is C=Ic1cccc(Cc2ccc3c(c2)c(=O)c(C(=O)O)cn3CCO)c1. The third kappa shape index (κ3) is 3.76. The van der Waals surface area contributed by atoms with Gasteiger partial charge in [-0.1, -0.05) is 43.4 Å². The van der Waals surface area contributed by atoms with Crippen LogP contribution in [0, 0.1) is 3.57 Å². The monoisotopic (exact) mass is 463 g/mol. The van der Waals surface area contributed by atoms with Gasteiger partial charge in [0.1, 0.15) is 5.56 Å². The van der Waals surface area contributed by atoms with Crippen molar-refractivity contribution in [3.63, 3.8) is 0 Å². The molecule has 0 radical (unpaired) electrons. The number of aromatic carboxylic acids is 1. The summed E-state index contributed by atoms with van der Waals surface area (Å²) in [4.78, 5) is 24.0. The van der Waals surface area contributed by atoms with Crippen molar-refractivity contribution in [2.45, 2.75) is 13.0 Å². The van der Waals surface area contributed by atoms with Gasteiger partial charge < -0.3 is 14.8 Å². The zero-order valence-corrected chi connectivity index (χ0v) is 16.1. The van der Waals surface area contributed by atoms with Gasteiger partial charge in [0, 0.05) is 21.7 Å². The highest BCUT2D eigenvalue weighted by Crippen LogP contribution is 2.19. The number of carbonyl (C=O) groups is 1. The first kappa shape index (κ1) is 18.5. The summed E-state index contributed by atoms with van der Waals surface area (Å²) in [5.74, 6) is -1.26. The van der Waals surface area contributed by atoms with Gasteiger partial charge in [-0.15, -0.1) is 0 Å². The lowest BCUT2D eigenvalue weighted by Crippen LogP contribution is -2.19. The minimum Gasteiger partial charge on any atom is -0.477 e. The maximum atomic E-state index is 12.6. The molecule has 0 aliphatic carbocycles. The van der Waals surface area contributed by atoms with Gasteiger partial charge in [-0.2, -0.15) is 0 Å². The lowest BCUT2D eigenvalue weighted by Gasteiger charge is -2.12. The second-order valence-electron chi connectivity index (χ2n) is 5.89. The molecule has 134 valence electrons. The van der Waals surface area contributed by atoms with Crippen LogP contribution in [0.25, 0.3) is 10.9 Å². The molecule has 6 heteroatoms. The molecular weight excluding hydrogens is 445 g/mol. The summed E-state index contributed by atoms with van der Waals surface area (Å²) in [6, 6.07) is 13.7. The molecule has 0 aliphatic rings. The van der Waals surface area contributed by atoms with Gasteiger partial charge in [0.2, 0.25) is 5.43 Å². The van der Waals surface area contributed by atoms with E-state index in [1.54, 1.807) is 10.6 Å². The van der Waals surface area contributed by atoms with Gasteiger partial charge in [-0.05, 0) is 41.8 Å². The van der Waals surface area contributed by atoms with Gasteiger partial charge in [0.05, 0.1) is 12.1 Å². The van der Waals surface area contributed by atoms with Crippen LogP contribution in [0.3, 0.4) is 0 Å². The Kier molecular flexibility index (Phi) is 5.63. The molecule has 26 heavy (non-hydrogen) atoms. The van der Waals surface area contributed by atoms with Crippen LogP contribution in [0.1, 0.15) is 21.5 Å². The van der Waals surface area contributed by atoms with Crippen molar-refractivity contribution in [1.29, 1.82) is 0 Å². The largest absolute Gasteiger partial charge is 0.477 e. The van der Waals surface area contributed by atoms with Gasteiger partial charge >= 0.3 is 5.97 Å². The molecule has 1 heterocycles. The van der Waals surface area contributed by atoms with Crippen molar-refractivity contribution < 1.29 is 15.0 Å². The predicted octanol–water partition coefficient (Wildman–Crippen LogP) is 2.86. The number of rotatable bonds is 6. The molecule has 0 aliphatic heterocycles. The van der Waals surface area contributed by atoms with E-state index in [-0.39, 0.29) is 39.4 Å². The molecule has 0 amide bonds. The first-order valence-electron chi connectivity index (χ1n) is 8.01. The van der Waals surface area contributed by atoms with Crippen LogP contribution >= 0.6 is 20.7 Å². The maximum Gasteiger partial charge on any atom is 0.341 e. The minimum atomic E-state index is -1.26. The number of benzene rings is 2. The molecule has 0 atom stereocenters. The Labute approximate surface area is 160 Å². The molecule has 3 aromatic rings. The fraction of sp³-hybridized carbons (Fsp3) is 0.150. The summed E-state index contributed by atoms with van der Waals surface area (Å²) in [5, 5.41) is 18.9. The minimum absolute atomic E-state index is 0.139. The summed E-state index contributed by atoms with van der Waals surface area (Å²) in [5.41, 5.74) is 1.91. The zero-order valence-electron chi connectivity index (χ0n) is 14.0. The zero-order chi connectivity index (χ0) is 18.7. The smallest absolute Gasteiger partial charge is 0.341 e. The average molecular weight is 463 g/mol. The fourth-order valence-corrected chi connectivity index (χ4v) is 4.05. The molecule has 0 unspecified atom stereocenters. The summed E-state index contributed by atoms with van der Waals surface area (Å²) < 4.78 is 6.86. The molecule has 0 saturated heterocycles. The number of aliphatic hydroxyl groups is 1. The number of hydrogen-bond donors (Lipinski definition) is 2. The molecule has 0 fully saturated rings. The highest BCUT2D eigenvalue weighted by Gasteiger charge is 2.15. The molecular formula is C20H18INO4. The fourth-order valence-electron chi connectivity index (χ4n) is 2.97. The van der Waals surface area contributed by atoms with Crippen molar-refractivity contribution in [2.24, 2.45) is 0 Å². The van der Waals surface area contributed by atoms with Gasteiger partial charge in [-0.25, -0.2) is 4.79 Å². The normalized spacial score (nSPS) is 11.0. The van der Waals surface area contributed by atoms with E-state index in [0.717, 1.165) is 11.1 Å². The highest BCUT2D eigenvalue weighted by atomic mass is 127. The quantitative estimate of drug-likeness (QED) is 0.552. The second-order valence-corrected chi connectivity index (χ2v) is 7.89. The number of aliphatic hydroxyl groups excluding tert-OH is 1. The molecule has 1 aromatic heterocycles. The van der Waals surface area contributed by atoms with Crippen molar-refractivity contribution in [1.82, 2.24) is 4.57 Å². The van der Waals surface area contributed by atoms with E-state index < -0.39 is 11.4 Å². The Hall–Kier alpha value is -2.32. The van der Waals surface area contributed by atoms with Gasteiger partial charge in [-0.3, -0.25) is 4.79 Å². The summed E-state index contributed by atoms with van der Waals surface area (Å²) >= 11 is -0.231. The maximum absolute atomic E-state index is 12.6. The summed E-state index contributed by atoms with van der Waals surface area (Å²) in [6.07, 6.45) is 1.95. The van der Waals surface area contributed by atoms with Crippen molar-refractivity contribution >= 4 is 42.1 Å². The number of hydrogen-bond acceptors (Lipinski definition) is 3. The van der Waals surface area contributed by atoms with Crippen LogP contribution in [0.4, 0.5) is 0 Å². The van der Waals surface area contributed by atoms with E-state index in [1.165, 1.54) is 9.77 Å². The van der Waals surface area contributed by atoms with Crippen molar-refractivity contribution in [2.75, 3.05) is 6.61 Å². The number of fused-ring (bicyclic) bond motifs is 1. The first-order chi connectivity index (χ1) is 12.5. The Morgan fingerprint density at radius 3 is 2.62 bits per heavy atom. The highest BCUT2D eigenvalue weighted by molar-refractivity contribution is 14.2. The Morgan fingerprint density at radius 2 is 1.92 bits per heavy atom. The summed E-state index contributed by atoms with van der Waals surface area (Å²) in [6.45, 7) is 0.0886. The molecule has 2 N–H and O–H groups in total. The van der Waals surface area contributed by atoms with Crippen molar-refractivity contribution in [3.05, 3.63) is 79.1 Å². The Bertz CT molecular complexity index is 1060. The van der Waals surface area contributed by atoms with Crippen LogP contribution in [-0.4, -0.2) is 31.9 Å². The van der Waals surface area contributed by atoms with E-state index in [0.29, 0.717) is 17.3 Å². The Morgan fingerprint density at radius 1 is 1.15 bits per heavy atom. The van der Waals surface area contributed by atoms with E-state index in [2.05, 4.69) is 16.6 Å². The van der Waals surface area contributed by atoms with E-state index in [1.807, 2.05) is 24.3 Å². The molecule has 0 saturated carbocycles. The number of pyridine rings is 1. The molecule has 3 rings (SSSR count). The number of aromatic nitrogens is 1. The topological polar surface area (TPSA) is 79.5 Å². The second kappa shape index (κ2) is 7.92. The first-order valence-corrected chi connectivity index (χ1v) is 10.6. The summed E-state index contributed by atoms with van der Waals surface area (Å²) in [7, 11) is 0. The lowest BCUT2D eigenvalue weighted by atomic mass is 10.0. The number of halogens is 1. The molecule has 5 nitrogen and oxygen atoms in total. The van der Waals surface area contributed by atoms with Crippen LogP contribution in [-0.2, 0) is 13.0 Å². The standard InChI is InChI=1S/C20H18INO4/c1-21-15-4-2-3-13(10-15)9-14-5-6-18-16(11-14)19(24)17(20(25)26)12-22(18)7-8-23/h2-6,10-12,23H,1,7-9H2,(H,25,26). The third-order valence-electron chi connectivity index (χ3n) is 4.17. The average Bonchev–Trinajstić information content (AvgIpc) is 2.64. The number of nitrogens with zero attached hydrogens (tertiary/aromatic N) is 1. The lowest BCUT2D eigenvalue weighted by molar-refractivity contribution is 0.0694. The molecule has 0 spiro atoms. The van der Waals surface area contributed by atoms with Crippen LogP contribution < -0.4 is 5.43 Å². The van der Waals surface area contributed by atoms with E-state index in [4.69, 9.17) is 0 Å². The van der Waals surface area contributed by atoms with Gasteiger partial charge in [0.15, 0.2) is 0 Å². The van der Waals surface area contributed by atoms with Crippen molar-refractivity contribution in [3.8, 4) is 0 Å². The number of carboxylic acids is 1. The third-order valence-corrected chi connectivity index (χ3v) is 5.72. The molecule has 0 bridgehead atoms. The van der Waals surface area contributed by atoms with Crippen LogP contribution in [0.2, 0.25) is 0 Å². The predicted molar refractivity (Wildman–Crippen MR) is 111 cm³/mol. The van der Waals surface area contributed by atoms with E-state index >= 15 is 0 Å². The van der Waals surface area contributed by atoms with E-state index in [9.17, 15) is 19.8 Å².